The number of phosphoric acid groups is 1. The SMILES string of the molecule is CC/C=C\C/C=C\C/C=C\CCCCCC(=O)OC(COCCCCCCCCCCCCCCCCCCCCCCC)COP(=O)(O)OCC(N)C(=O)O. The van der Waals surface area contributed by atoms with Gasteiger partial charge in [-0.05, 0) is 44.9 Å². The Kier molecular flexibility index (Phi) is 40.0. The van der Waals surface area contributed by atoms with Crippen molar-refractivity contribution < 1.29 is 42.7 Å². The van der Waals surface area contributed by atoms with Crippen LogP contribution in [-0.4, -0.2) is 60.5 Å². The Morgan fingerprint density at radius 1 is 0.589 bits per heavy atom. The molecule has 0 aromatic carbocycles. The van der Waals surface area contributed by atoms with Crippen molar-refractivity contribution in [2.45, 2.75) is 212 Å². The molecule has 10 nitrogen and oxygen atoms in total. The standard InChI is InChI=1S/C45H84NO9P/c1-3-5-7-9-11-13-15-17-18-19-20-21-22-23-24-26-28-30-32-34-36-38-52-39-42(40-53-56(50,51)54-41-43(46)45(48)49)55-44(47)37-35-33-31-29-27-25-16-14-12-10-8-6-4-2/h6,8,12,14,25,27,42-43H,3-5,7,9-11,13,15-24,26,28-41,46H2,1-2H3,(H,48,49)(H,50,51)/b8-6-,14-12-,27-25-. The zero-order chi connectivity index (χ0) is 41.2. The summed E-state index contributed by atoms with van der Waals surface area (Å²) in [5.41, 5.74) is 5.35. The van der Waals surface area contributed by atoms with Gasteiger partial charge in [0.1, 0.15) is 12.1 Å². The van der Waals surface area contributed by atoms with Crippen LogP contribution in [0.15, 0.2) is 36.5 Å². The summed E-state index contributed by atoms with van der Waals surface area (Å²) in [6, 6.07) is -1.48. The van der Waals surface area contributed by atoms with Crippen LogP contribution in [-0.2, 0) is 32.7 Å². The lowest BCUT2D eigenvalue weighted by Gasteiger charge is -2.20. The van der Waals surface area contributed by atoms with Crippen LogP contribution in [0.2, 0.25) is 0 Å². The van der Waals surface area contributed by atoms with Gasteiger partial charge in [0.15, 0.2) is 0 Å². The second-order valence-electron chi connectivity index (χ2n) is 15.2. The van der Waals surface area contributed by atoms with Crippen molar-refractivity contribution in [2.75, 3.05) is 26.4 Å². The van der Waals surface area contributed by atoms with Crippen LogP contribution in [0.1, 0.15) is 200 Å². The predicted octanol–water partition coefficient (Wildman–Crippen LogP) is 12.5. The summed E-state index contributed by atoms with van der Waals surface area (Å²) in [5, 5.41) is 8.89. The molecule has 0 rings (SSSR count). The Morgan fingerprint density at radius 2 is 1.04 bits per heavy atom. The molecule has 56 heavy (non-hydrogen) atoms. The number of nitrogens with two attached hydrogens (primary N) is 1. The molecule has 0 saturated heterocycles. The van der Waals surface area contributed by atoms with E-state index in [0.29, 0.717) is 13.0 Å². The molecule has 0 radical (unpaired) electrons. The molecule has 11 heteroatoms. The second kappa shape index (κ2) is 41.4. The number of rotatable bonds is 43. The number of hydrogen-bond donors (Lipinski definition) is 3. The number of aliphatic carboxylic acids is 1. The Morgan fingerprint density at radius 3 is 1.54 bits per heavy atom. The van der Waals surface area contributed by atoms with Gasteiger partial charge in [-0.15, -0.1) is 0 Å². The molecular formula is C45H84NO9P. The molecule has 0 spiro atoms. The van der Waals surface area contributed by atoms with Crippen LogP contribution >= 0.6 is 7.82 Å². The van der Waals surface area contributed by atoms with Crippen LogP contribution in [0.25, 0.3) is 0 Å². The van der Waals surface area contributed by atoms with E-state index >= 15 is 0 Å². The van der Waals surface area contributed by atoms with Crippen LogP contribution in [0.5, 0.6) is 0 Å². The fourth-order valence-corrected chi connectivity index (χ4v) is 6.99. The first kappa shape index (κ1) is 54.2. The van der Waals surface area contributed by atoms with Crippen molar-refractivity contribution >= 4 is 19.8 Å². The van der Waals surface area contributed by atoms with Gasteiger partial charge in [0.25, 0.3) is 0 Å². The van der Waals surface area contributed by atoms with E-state index in [4.69, 9.17) is 29.4 Å². The van der Waals surface area contributed by atoms with Gasteiger partial charge in [0, 0.05) is 13.0 Å². The van der Waals surface area contributed by atoms with E-state index in [1.54, 1.807) is 0 Å². The van der Waals surface area contributed by atoms with E-state index < -0.39 is 45.1 Å². The minimum absolute atomic E-state index is 0.00764. The largest absolute Gasteiger partial charge is 0.480 e. The molecule has 0 amide bonds. The molecule has 3 atom stereocenters. The van der Waals surface area contributed by atoms with Gasteiger partial charge < -0.3 is 25.2 Å². The Hall–Kier alpha value is -1.81. The molecule has 328 valence electrons. The van der Waals surface area contributed by atoms with Crippen molar-refractivity contribution in [1.82, 2.24) is 0 Å². The van der Waals surface area contributed by atoms with Crippen LogP contribution in [0.4, 0.5) is 0 Å². The first-order valence-electron chi connectivity index (χ1n) is 22.5. The lowest BCUT2D eigenvalue weighted by molar-refractivity contribution is -0.154. The van der Waals surface area contributed by atoms with Gasteiger partial charge in [0.2, 0.25) is 0 Å². The number of esters is 1. The molecule has 0 aromatic heterocycles. The highest BCUT2D eigenvalue weighted by Crippen LogP contribution is 2.43. The minimum atomic E-state index is -4.62. The van der Waals surface area contributed by atoms with Crippen molar-refractivity contribution in [3.63, 3.8) is 0 Å². The zero-order valence-corrected chi connectivity index (χ0v) is 36.6. The molecule has 0 aliphatic heterocycles. The van der Waals surface area contributed by atoms with Crippen LogP contribution < -0.4 is 5.73 Å². The van der Waals surface area contributed by atoms with E-state index in [2.05, 4.69) is 50.3 Å². The minimum Gasteiger partial charge on any atom is -0.480 e. The van der Waals surface area contributed by atoms with Gasteiger partial charge in [0.05, 0.1) is 19.8 Å². The highest BCUT2D eigenvalue weighted by molar-refractivity contribution is 7.47. The summed E-state index contributed by atoms with van der Waals surface area (Å²) in [4.78, 5) is 33.5. The van der Waals surface area contributed by atoms with Crippen LogP contribution in [0, 0.1) is 0 Å². The van der Waals surface area contributed by atoms with E-state index in [1.165, 1.54) is 116 Å². The van der Waals surface area contributed by atoms with Crippen molar-refractivity contribution in [2.24, 2.45) is 5.73 Å². The molecular weight excluding hydrogens is 729 g/mol. The summed E-state index contributed by atoms with van der Waals surface area (Å²) in [6.07, 6.45) is 46.4. The van der Waals surface area contributed by atoms with E-state index in [-0.39, 0.29) is 13.0 Å². The average Bonchev–Trinajstić information content (AvgIpc) is 3.18. The summed E-state index contributed by atoms with van der Waals surface area (Å²) in [7, 11) is -4.62. The Balaban J connectivity index is 4.16. The second-order valence-corrected chi connectivity index (χ2v) is 16.6. The summed E-state index contributed by atoms with van der Waals surface area (Å²) < 4.78 is 33.3. The first-order valence-corrected chi connectivity index (χ1v) is 24.0. The van der Waals surface area contributed by atoms with Crippen molar-refractivity contribution in [3.05, 3.63) is 36.5 Å². The maximum absolute atomic E-state index is 12.6. The van der Waals surface area contributed by atoms with Crippen LogP contribution in [0.3, 0.4) is 0 Å². The summed E-state index contributed by atoms with van der Waals surface area (Å²) in [6.45, 7) is 3.75. The third-order valence-electron chi connectivity index (χ3n) is 9.68. The molecule has 0 heterocycles. The number of carbonyl (C=O) groups is 2. The lowest BCUT2D eigenvalue weighted by Crippen LogP contribution is -2.34. The van der Waals surface area contributed by atoms with Crippen molar-refractivity contribution in [1.29, 1.82) is 0 Å². The third kappa shape index (κ3) is 40.4. The van der Waals surface area contributed by atoms with Crippen molar-refractivity contribution in [3.8, 4) is 0 Å². The number of carbonyl (C=O) groups excluding carboxylic acids is 1. The Bertz CT molecular complexity index is 1040. The number of carboxylic acid groups (broad SMARTS) is 1. The average molecular weight is 814 g/mol. The molecule has 3 unspecified atom stereocenters. The maximum Gasteiger partial charge on any atom is 0.472 e. The van der Waals surface area contributed by atoms with Gasteiger partial charge in [-0.25, -0.2) is 4.57 Å². The number of phosphoric ester groups is 1. The van der Waals surface area contributed by atoms with E-state index in [9.17, 15) is 19.0 Å². The number of carboxylic acids is 1. The Labute approximate surface area is 342 Å². The summed E-state index contributed by atoms with van der Waals surface area (Å²) >= 11 is 0. The molecule has 0 bridgehead atoms. The molecule has 0 saturated carbocycles. The molecule has 0 fully saturated rings. The van der Waals surface area contributed by atoms with E-state index in [1.807, 2.05) is 0 Å². The number of ether oxygens (including phenoxy) is 2. The molecule has 4 N–H and O–H groups in total. The lowest BCUT2D eigenvalue weighted by atomic mass is 10.0. The number of allylic oxidation sites excluding steroid dienone is 6. The van der Waals surface area contributed by atoms with Gasteiger partial charge in [-0.3, -0.25) is 18.6 Å². The molecule has 0 aromatic rings. The highest BCUT2D eigenvalue weighted by atomic mass is 31.2. The monoisotopic (exact) mass is 814 g/mol. The summed E-state index contributed by atoms with van der Waals surface area (Å²) in [5.74, 6) is -1.81. The molecule has 0 aliphatic rings. The molecule has 0 aliphatic carbocycles. The smallest absolute Gasteiger partial charge is 0.472 e. The fourth-order valence-electron chi connectivity index (χ4n) is 6.21. The third-order valence-corrected chi connectivity index (χ3v) is 10.6. The van der Waals surface area contributed by atoms with Gasteiger partial charge in [-0.1, -0.05) is 185 Å². The predicted molar refractivity (Wildman–Crippen MR) is 231 cm³/mol. The van der Waals surface area contributed by atoms with E-state index in [0.717, 1.165) is 57.8 Å². The number of unbranched alkanes of at least 4 members (excludes halogenated alkanes) is 23. The number of hydrogen-bond acceptors (Lipinski definition) is 8. The zero-order valence-electron chi connectivity index (χ0n) is 35.7. The highest BCUT2D eigenvalue weighted by Gasteiger charge is 2.27. The van der Waals surface area contributed by atoms with Gasteiger partial charge in [-0.2, -0.15) is 0 Å². The normalized spacial score (nSPS) is 14.2. The fraction of sp³-hybridized carbons (Fsp3) is 0.822. The first-order chi connectivity index (χ1) is 27.2. The maximum atomic E-state index is 12.6. The quantitative estimate of drug-likeness (QED) is 0.0234. The topological polar surface area (TPSA) is 155 Å². The van der Waals surface area contributed by atoms with Gasteiger partial charge >= 0.3 is 19.8 Å².